The molecule has 3 heterocycles. The minimum absolute atomic E-state index is 0.530. The zero-order valence-corrected chi connectivity index (χ0v) is 12.9. The van der Waals surface area contributed by atoms with Gasteiger partial charge < -0.3 is 0 Å². The van der Waals surface area contributed by atoms with Crippen LogP contribution in [0.5, 0.6) is 0 Å². The van der Waals surface area contributed by atoms with Gasteiger partial charge in [-0.15, -0.1) is 0 Å². The highest BCUT2D eigenvalue weighted by Gasteiger charge is 2.61. The SMILES string of the molecule is CC(C)CC12CCCC3(C)CCC(C)(CCC1)N32. The summed E-state index contributed by atoms with van der Waals surface area (Å²) >= 11 is 0. The van der Waals surface area contributed by atoms with Crippen molar-refractivity contribution in [1.29, 1.82) is 0 Å². The third-order valence-electron chi connectivity index (χ3n) is 6.26. The zero-order chi connectivity index (χ0) is 13.0. The maximum Gasteiger partial charge on any atom is 0.0222 e. The molecule has 0 N–H and O–H groups in total. The highest BCUT2D eigenvalue weighted by molar-refractivity contribution is 5.16. The minimum Gasteiger partial charge on any atom is -0.287 e. The van der Waals surface area contributed by atoms with Gasteiger partial charge in [-0.1, -0.05) is 13.8 Å². The van der Waals surface area contributed by atoms with Crippen LogP contribution in [0.4, 0.5) is 0 Å². The molecule has 3 aliphatic heterocycles. The van der Waals surface area contributed by atoms with Crippen LogP contribution in [0.2, 0.25) is 0 Å². The van der Waals surface area contributed by atoms with Gasteiger partial charge in [0.05, 0.1) is 0 Å². The van der Waals surface area contributed by atoms with Crippen LogP contribution < -0.4 is 0 Å². The molecule has 0 saturated carbocycles. The van der Waals surface area contributed by atoms with E-state index >= 15 is 0 Å². The average Bonchev–Trinajstić information content (AvgIpc) is 2.52. The summed E-state index contributed by atoms with van der Waals surface area (Å²) in [5.74, 6) is 0.843. The molecule has 0 bridgehead atoms. The lowest BCUT2D eigenvalue weighted by molar-refractivity contribution is -0.124. The smallest absolute Gasteiger partial charge is 0.0222 e. The van der Waals surface area contributed by atoms with E-state index in [9.17, 15) is 0 Å². The first kappa shape index (κ1) is 13.0. The van der Waals surface area contributed by atoms with Crippen molar-refractivity contribution >= 4 is 0 Å². The van der Waals surface area contributed by atoms with Crippen molar-refractivity contribution in [3.63, 3.8) is 0 Å². The van der Waals surface area contributed by atoms with Gasteiger partial charge in [-0.25, -0.2) is 0 Å². The Bertz CT molecular complexity index is 311. The molecule has 1 heteroatoms. The summed E-state index contributed by atoms with van der Waals surface area (Å²) in [6, 6.07) is 0. The van der Waals surface area contributed by atoms with Crippen LogP contribution in [0.1, 0.15) is 85.5 Å². The van der Waals surface area contributed by atoms with E-state index < -0.39 is 0 Å². The standard InChI is InChI=1S/C17H31N/c1-14(2)13-17-9-5-7-15(3)11-12-16(4,18(15)17)8-6-10-17/h14H,5-13H2,1-4H3. The Kier molecular flexibility index (Phi) is 2.86. The molecule has 2 atom stereocenters. The average molecular weight is 249 g/mol. The second kappa shape index (κ2) is 3.98. The lowest BCUT2D eigenvalue weighted by Crippen LogP contribution is -2.68. The van der Waals surface area contributed by atoms with E-state index in [0.29, 0.717) is 16.6 Å². The molecule has 0 aromatic rings. The van der Waals surface area contributed by atoms with E-state index in [4.69, 9.17) is 0 Å². The number of nitrogens with zero attached hydrogens (tertiary/aromatic N) is 1. The summed E-state index contributed by atoms with van der Waals surface area (Å²) in [6.07, 6.45) is 13.1. The van der Waals surface area contributed by atoms with Gasteiger partial charge in [-0.05, 0) is 77.6 Å². The molecular formula is C17H31N. The molecular weight excluding hydrogens is 218 g/mol. The van der Waals surface area contributed by atoms with Crippen molar-refractivity contribution in [3.05, 3.63) is 0 Å². The summed E-state index contributed by atoms with van der Waals surface area (Å²) in [5.41, 5.74) is 1.62. The summed E-state index contributed by atoms with van der Waals surface area (Å²) in [5, 5.41) is 0. The Hall–Kier alpha value is -0.0400. The molecule has 0 amide bonds. The van der Waals surface area contributed by atoms with Crippen LogP contribution in [0, 0.1) is 5.92 Å². The fourth-order valence-electron chi connectivity index (χ4n) is 6.03. The number of rotatable bonds is 2. The van der Waals surface area contributed by atoms with E-state index in [2.05, 4.69) is 32.6 Å². The van der Waals surface area contributed by atoms with Crippen LogP contribution >= 0.6 is 0 Å². The van der Waals surface area contributed by atoms with Crippen molar-refractivity contribution in [1.82, 2.24) is 4.90 Å². The van der Waals surface area contributed by atoms with Gasteiger partial charge in [0.2, 0.25) is 0 Å². The molecule has 3 fully saturated rings. The van der Waals surface area contributed by atoms with Crippen molar-refractivity contribution in [2.24, 2.45) is 5.92 Å². The van der Waals surface area contributed by atoms with Crippen LogP contribution in [0.15, 0.2) is 0 Å². The van der Waals surface area contributed by atoms with E-state index in [1.165, 1.54) is 57.8 Å². The molecule has 104 valence electrons. The quantitative estimate of drug-likeness (QED) is 0.682. The van der Waals surface area contributed by atoms with Crippen molar-refractivity contribution in [2.75, 3.05) is 0 Å². The van der Waals surface area contributed by atoms with Crippen molar-refractivity contribution in [3.8, 4) is 0 Å². The molecule has 3 aliphatic rings. The fourth-order valence-corrected chi connectivity index (χ4v) is 6.03. The largest absolute Gasteiger partial charge is 0.287 e. The van der Waals surface area contributed by atoms with Crippen LogP contribution in [0.25, 0.3) is 0 Å². The van der Waals surface area contributed by atoms with Gasteiger partial charge >= 0.3 is 0 Å². The predicted octanol–water partition coefficient (Wildman–Crippen LogP) is 4.75. The van der Waals surface area contributed by atoms with Gasteiger partial charge in [0.25, 0.3) is 0 Å². The topological polar surface area (TPSA) is 3.24 Å². The molecule has 0 radical (unpaired) electrons. The van der Waals surface area contributed by atoms with Gasteiger partial charge in [-0.3, -0.25) is 4.90 Å². The number of hydrogen-bond acceptors (Lipinski definition) is 1. The first-order chi connectivity index (χ1) is 8.40. The molecule has 1 nitrogen and oxygen atoms in total. The maximum absolute atomic E-state index is 3.06. The third kappa shape index (κ3) is 1.69. The van der Waals surface area contributed by atoms with Gasteiger partial charge in [0, 0.05) is 16.6 Å². The van der Waals surface area contributed by atoms with E-state index in [-0.39, 0.29) is 0 Å². The van der Waals surface area contributed by atoms with Crippen LogP contribution in [0.3, 0.4) is 0 Å². The Morgan fingerprint density at radius 1 is 0.833 bits per heavy atom. The second-order valence-electron chi connectivity index (χ2n) is 8.36. The first-order valence-electron chi connectivity index (χ1n) is 8.21. The van der Waals surface area contributed by atoms with E-state index in [1.807, 2.05) is 0 Å². The lowest BCUT2D eigenvalue weighted by Gasteiger charge is -2.62. The maximum atomic E-state index is 3.06. The first-order valence-corrected chi connectivity index (χ1v) is 8.21. The summed E-state index contributed by atoms with van der Waals surface area (Å²) in [7, 11) is 0. The Morgan fingerprint density at radius 3 is 1.78 bits per heavy atom. The molecule has 2 unspecified atom stereocenters. The molecule has 18 heavy (non-hydrogen) atoms. The van der Waals surface area contributed by atoms with Crippen LogP contribution in [-0.2, 0) is 0 Å². The van der Waals surface area contributed by atoms with Gasteiger partial charge in [0.1, 0.15) is 0 Å². The minimum atomic E-state index is 0.530. The molecule has 0 aromatic heterocycles. The fraction of sp³-hybridized carbons (Fsp3) is 1.00. The number of piperidine rings is 2. The second-order valence-corrected chi connectivity index (χ2v) is 8.36. The van der Waals surface area contributed by atoms with Crippen molar-refractivity contribution < 1.29 is 0 Å². The van der Waals surface area contributed by atoms with E-state index in [0.717, 1.165) is 5.92 Å². The molecule has 0 spiro atoms. The summed E-state index contributed by atoms with van der Waals surface area (Å²) in [6.45, 7) is 9.97. The normalized spacial score (nSPS) is 48.5. The monoisotopic (exact) mass is 249 g/mol. The third-order valence-corrected chi connectivity index (χ3v) is 6.26. The number of hydrogen-bond donors (Lipinski definition) is 0. The highest BCUT2D eigenvalue weighted by Crippen LogP contribution is 2.59. The Labute approximate surface area is 113 Å². The van der Waals surface area contributed by atoms with E-state index in [1.54, 1.807) is 0 Å². The van der Waals surface area contributed by atoms with Crippen molar-refractivity contribution in [2.45, 2.75) is 102 Å². The van der Waals surface area contributed by atoms with Gasteiger partial charge in [-0.2, -0.15) is 0 Å². The molecule has 0 aromatic carbocycles. The molecule has 0 aliphatic carbocycles. The Balaban J connectivity index is 2.00. The van der Waals surface area contributed by atoms with Gasteiger partial charge in [0.15, 0.2) is 0 Å². The zero-order valence-electron chi connectivity index (χ0n) is 12.9. The highest BCUT2D eigenvalue weighted by atomic mass is 15.3. The Morgan fingerprint density at radius 2 is 1.33 bits per heavy atom. The summed E-state index contributed by atoms with van der Waals surface area (Å²) < 4.78 is 0. The molecule has 3 saturated heterocycles. The van der Waals surface area contributed by atoms with Crippen LogP contribution in [-0.4, -0.2) is 21.5 Å². The summed E-state index contributed by atoms with van der Waals surface area (Å²) in [4.78, 5) is 3.06. The predicted molar refractivity (Wildman–Crippen MR) is 77.8 cm³/mol. The lowest BCUT2D eigenvalue weighted by atomic mass is 9.67. The molecule has 3 rings (SSSR count).